The first-order valence-electron chi connectivity index (χ1n) is 7.42. The zero-order chi connectivity index (χ0) is 16.2. The van der Waals surface area contributed by atoms with Gasteiger partial charge in [-0.1, -0.05) is 26.8 Å². The van der Waals surface area contributed by atoms with E-state index in [9.17, 15) is 0 Å². The summed E-state index contributed by atoms with van der Waals surface area (Å²) in [4.78, 5) is 4.65. The van der Waals surface area contributed by atoms with Crippen molar-refractivity contribution >= 4 is 27.0 Å². The zero-order valence-electron chi connectivity index (χ0n) is 13.1. The molecule has 0 saturated carbocycles. The van der Waals surface area contributed by atoms with Gasteiger partial charge in [-0.3, -0.25) is 0 Å². The van der Waals surface area contributed by atoms with Gasteiger partial charge in [0.05, 0.1) is 5.56 Å². The molecule has 0 bridgehead atoms. The minimum Gasteiger partial charge on any atom is -0.454 e. The van der Waals surface area contributed by atoms with Gasteiger partial charge in [0.2, 0.25) is 12.7 Å². The van der Waals surface area contributed by atoms with Crippen molar-refractivity contribution in [3.05, 3.63) is 40.4 Å². The van der Waals surface area contributed by atoms with E-state index in [-0.39, 0.29) is 12.2 Å². The van der Waals surface area contributed by atoms with E-state index in [1.165, 1.54) is 5.56 Å². The summed E-state index contributed by atoms with van der Waals surface area (Å²) in [5.41, 5.74) is 3.79. The van der Waals surface area contributed by atoms with Crippen molar-refractivity contribution in [2.45, 2.75) is 26.2 Å². The van der Waals surface area contributed by atoms with Crippen molar-refractivity contribution in [3.8, 4) is 23.0 Å². The van der Waals surface area contributed by atoms with Gasteiger partial charge < -0.3 is 13.9 Å². The molecule has 0 saturated heterocycles. The molecule has 0 aliphatic carbocycles. The van der Waals surface area contributed by atoms with E-state index < -0.39 is 0 Å². The number of halogens is 1. The third kappa shape index (κ3) is 2.49. The Hall–Kier alpha value is -2.01. The van der Waals surface area contributed by atoms with Crippen molar-refractivity contribution in [1.82, 2.24) is 4.98 Å². The number of hydrogen-bond donors (Lipinski definition) is 0. The molecule has 23 heavy (non-hydrogen) atoms. The highest BCUT2D eigenvalue weighted by Crippen LogP contribution is 2.41. The molecule has 0 radical (unpaired) electrons. The first-order chi connectivity index (χ1) is 10.9. The summed E-state index contributed by atoms with van der Waals surface area (Å²) in [5.74, 6) is 2.00. The molecule has 2 heterocycles. The lowest BCUT2D eigenvalue weighted by atomic mass is 9.87. The summed E-state index contributed by atoms with van der Waals surface area (Å²) in [6.07, 6.45) is 0. The molecule has 0 atom stereocenters. The molecule has 4 rings (SSSR count). The molecule has 0 unspecified atom stereocenters. The lowest BCUT2D eigenvalue weighted by molar-refractivity contribution is 0.174. The van der Waals surface area contributed by atoms with Crippen LogP contribution in [0.25, 0.3) is 22.6 Å². The smallest absolute Gasteiger partial charge is 0.231 e. The monoisotopic (exact) mass is 373 g/mol. The second-order valence-electron chi connectivity index (χ2n) is 6.64. The van der Waals surface area contributed by atoms with E-state index in [2.05, 4.69) is 53.8 Å². The number of rotatable bonds is 1. The van der Waals surface area contributed by atoms with Gasteiger partial charge >= 0.3 is 0 Å². The van der Waals surface area contributed by atoms with Crippen LogP contribution in [0.5, 0.6) is 11.5 Å². The topological polar surface area (TPSA) is 44.5 Å². The molecule has 0 N–H and O–H groups in total. The molecule has 0 amide bonds. The summed E-state index contributed by atoms with van der Waals surface area (Å²) in [7, 11) is 0. The number of oxazole rings is 1. The summed E-state index contributed by atoms with van der Waals surface area (Å²) >= 11 is 3.55. The highest BCUT2D eigenvalue weighted by molar-refractivity contribution is 9.10. The molecule has 4 nitrogen and oxygen atoms in total. The third-order valence-corrected chi connectivity index (χ3v) is 4.60. The van der Waals surface area contributed by atoms with Crippen LogP contribution in [0.4, 0.5) is 0 Å². The number of aromatic nitrogens is 1. The largest absolute Gasteiger partial charge is 0.454 e. The summed E-state index contributed by atoms with van der Waals surface area (Å²) in [6, 6.07) is 9.93. The fourth-order valence-electron chi connectivity index (χ4n) is 2.59. The minimum atomic E-state index is 0.0760. The Morgan fingerprint density at radius 2 is 1.78 bits per heavy atom. The fraction of sp³-hybridized carbons (Fsp3) is 0.278. The second kappa shape index (κ2) is 4.99. The predicted molar refractivity (Wildman–Crippen MR) is 92.0 cm³/mol. The number of hydrogen-bond acceptors (Lipinski definition) is 4. The van der Waals surface area contributed by atoms with E-state index in [0.717, 1.165) is 26.9 Å². The Labute approximate surface area is 142 Å². The molecule has 5 heteroatoms. The molecule has 0 fully saturated rings. The van der Waals surface area contributed by atoms with Gasteiger partial charge in [-0.2, -0.15) is 0 Å². The molecule has 3 aromatic rings. The number of nitrogens with zero attached hydrogens (tertiary/aromatic N) is 1. The van der Waals surface area contributed by atoms with Gasteiger partial charge in [0.1, 0.15) is 5.52 Å². The van der Waals surface area contributed by atoms with Crippen molar-refractivity contribution in [2.75, 3.05) is 6.79 Å². The van der Waals surface area contributed by atoms with Crippen LogP contribution >= 0.6 is 15.9 Å². The normalized spacial score (nSPS) is 13.7. The lowest BCUT2D eigenvalue weighted by Gasteiger charge is -2.18. The van der Waals surface area contributed by atoms with E-state index in [0.29, 0.717) is 11.6 Å². The molecule has 1 aliphatic heterocycles. The molecule has 1 aromatic heterocycles. The summed E-state index contributed by atoms with van der Waals surface area (Å²) in [5, 5.41) is 0. The average Bonchev–Trinajstić information content (AvgIpc) is 3.09. The van der Waals surface area contributed by atoms with E-state index >= 15 is 0 Å². The van der Waals surface area contributed by atoms with Crippen LogP contribution in [-0.2, 0) is 5.41 Å². The Morgan fingerprint density at radius 1 is 1.04 bits per heavy atom. The van der Waals surface area contributed by atoms with Gasteiger partial charge in [-0.15, -0.1) is 0 Å². The maximum atomic E-state index is 5.92. The zero-order valence-corrected chi connectivity index (χ0v) is 14.7. The summed E-state index contributed by atoms with van der Waals surface area (Å²) in [6.45, 7) is 6.80. The van der Waals surface area contributed by atoms with E-state index in [1.54, 1.807) is 0 Å². The van der Waals surface area contributed by atoms with Crippen LogP contribution < -0.4 is 9.47 Å². The van der Waals surface area contributed by atoms with Crippen LogP contribution in [-0.4, -0.2) is 11.8 Å². The molecular weight excluding hydrogens is 358 g/mol. The first-order valence-corrected chi connectivity index (χ1v) is 8.22. The maximum Gasteiger partial charge on any atom is 0.231 e. The highest BCUT2D eigenvalue weighted by Gasteiger charge is 2.21. The standard InChI is InChI=1S/C18H16BrNO3/c1-18(2,3)10-4-5-14-13(6-10)20-17(23-14)11-7-15-16(8-12(11)19)22-9-21-15/h4-8H,9H2,1-3H3. The van der Waals surface area contributed by atoms with Crippen LogP contribution in [0.2, 0.25) is 0 Å². The van der Waals surface area contributed by atoms with Crippen molar-refractivity contribution < 1.29 is 13.9 Å². The SMILES string of the molecule is CC(C)(C)c1ccc2oc(-c3cc4c(cc3Br)OCO4)nc2c1. The van der Waals surface area contributed by atoms with Crippen molar-refractivity contribution in [1.29, 1.82) is 0 Å². The Balaban J connectivity index is 1.84. The van der Waals surface area contributed by atoms with Crippen LogP contribution in [0.1, 0.15) is 26.3 Å². The quantitative estimate of drug-likeness (QED) is 0.581. The third-order valence-electron chi connectivity index (χ3n) is 3.95. The summed E-state index contributed by atoms with van der Waals surface area (Å²) < 4.78 is 17.6. The Kier molecular flexibility index (Phi) is 3.17. The van der Waals surface area contributed by atoms with E-state index in [1.807, 2.05) is 18.2 Å². The number of ether oxygens (including phenoxy) is 2. The molecule has 0 spiro atoms. The average molecular weight is 374 g/mol. The van der Waals surface area contributed by atoms with Crippen LogP contribution in [0, 0.1) is 0 Å². The van der Waals surface area contributed by atoms with Gasteiger partial charge in [0.25, 0.3) is 0 Å². The number of benzene rings is 2. The molecular formula is C18H16BrNO3. The minimum absolute atomic E-state index is 0.0760. The van der Waals surface area contributed by atoms with Crippen LogP contribution in [0.3, 0.4) is 0 Å². The molecule has 1 aliphatic rings. The first kappa shape index (κ1) is 14.6. The van der Waals surface area contributed by atoms with Gasteiger partial charge in [-0.25, -0.2) is 4.98 Å². The highest BCUT2D eigenvalue weighted by atomic mass is 79.9. The fourth-order valence-corrected chi connectivity index (χ4v) is 3.08. The lowest BCUT2D eigenvalue weighted by Crippen LogP contribution is -2.10. The van der Waals surface area contributed by atoms with E-state index in [4.69, 9.17) is 13.9 Å². The van der Waals surface area contributed by atoms with Crippen LogP contribution in [0.15, 0.2) is 39.2 Å². The Morgan fingerprint density at radius 3 is 2.52 bits per heavy atom. The maximum absolute atomic E-state index is 5.92. The van der Waals surface area contributed by atoms with Crippen molar-refractivity contribution in [2.24, 2.45) is 0 Å². The molecule has 2 aromatic carbocycles. The van der Waals surface area contributed by atoms with Gasteiger partial charge in [-0.05, 0) is 51.2 Å². The number of fused-ring (bicyclic) bond motifs is 2. The van der Waals surface area contributed by atoms with Gasteiger partial charge in [0, 0.05) is 4.47 Å². The molecule has 118 valence electrons. The predicted octanol–water partition coefficient (Wildman–Crippen LogP) is 5.28. The van der Waals surface area contributed by atoms with Gasteiger partial charge in [0.15, 0.2) is 17.1 Å². The van der Waals surface area contributed by atoms with Crippen molar-refractivity contribution in [3.63, 3.8) is 0 Å². The second-order valence-corrected chi connectivity index (χ2v) is 7.49. The Bertz CT molecular complexity index is 909.